The molecule has 1 aliphatic heterocycles. The molecule has 1 radical (unpaired) electrons. The zero-order chi connectivity index (χ0) is 10.5. The Labute approximate surface area is 90.3 Å². The smallest absolute Gasteiger partial charge is 0.165 e. The van der Waals surface area contributed by atoms with Crippen molar-refractivity contribution in [3.8, 4) is 11.5 Å². The lowest BCUT2D eigenvalue weighted by Gasteiger charge is -2.15. The van der Waals surface area contributed by atoms with Crippen LogP contribution >= 0.6 is 0 Å². The summed E-state index contributed by atoms with van der Waals surface area (Å²) < 4.78 is 5.48. The third kappa shape index (κ3) is 2.86. The number of rotatable bonds is 4. The molecule has 0 atom stereocenters. The third-order valence-corrected chi connectivity index (χ3v) is 2.66. The minimum atomic E-state index is 0.0962. The van der Waals surface area contributed by atoms with Crippen molar-refractivity contribution >= 4 is 0 Å². The first-order valence-electron chi connectivity index (χ1n) is 5.41. The Morgan fingerprint density at radius 1 is 1.40 bits per heavy atom. The van der Waals surface area contributed by atoms with E-state index in [0.717, 1.165) is 6.54 Å². The molecule has 3 nitrogen and oxygen atoms in total. The van der Waals surface area contributed by atoms with Crippen molar-refractivity contribution in [1.82, 2.24) is 4.90 Å². The van der Waals surface area contributed by atoms with Crippen LogP contribution in [0.3, 0.4) is 0 Å². The lowest BCUT2D eigenvalue weighted by molar-refractivity contribution is 0.231. The summed E-state index contributed by atoms with van der Waals surface area (Å²) >= 11 is 0. The summed E-state index contributed by atoms with van der Waals surface area (Å²) in [6, 6.07) is 7.93. The Morgan fingerprint density at radius 3 is 2.93 bits per heavy atom. The van der Waals surface area contributed by atoms with Crippen LogP contribution in [0.15, 0.2) is 18.2 Å². The summed E-state index contributed by atoms with van der Waals surface area (Å²) in [7, 11) is 0. The molecule has 2 rings (SSSR count). The average molecular weight is 206 g/mol. The van der Waals surface area contributed by atoms with Gasteiger partial charge in [-0.2, -0.15) is 0 Å². The molecule has 1 N–H and O–H groups in total. The summed E-state index contributed by atoms with van der Waals surface area (Å²) in [5, 5.41) is 9.41. The first kappa shape index (κ1) is 10.3. The Balaban J connectivity index is 1.75. The average Bonchev–Trinajstić information content (AvgIpc) is 2.74. The normalized spacial score (nSPS) is 16.8. The second-order valence-corrected chi connectivity index (χ2v) is 3.78. The molecule has 0 unspecified atom stereocenters. The molecule has 3 heteroatoms. The van der Waals surface area contributed by atoms with Crippen LogP contribution in [0.5, 0.6) is 11.5 Å². The number of hydrogen-bond acceptors (Lipinski definition) is 3. The highest BCUT2D eigenvalue weighted by atomic mass is 16.5. The van der Waals surface area contributed by atoms with E-state index in [9.17, 15) is 5.11 Å². The standard InChI is InChI=1S/C12H16NO2/c14-11-5-1-2-6-12(11)15-10-9-13-7-3-4-8-13/h1-2,6,14H,3-4,7-10H2. The van der Waals surface area contributed by atoms with Crippen LogP contribution in [0, 0.1) is 6.07 Å². The fourth-order valence-electron chi connectivity index (χ4n) is 1.82. The molecule has 0 aliphatic carbocycles. The van der Waals surface area contributed by atoms with Gasteiger partial charge in [0.25, 0.3) is 0 Å². The van der Waals surface area contributed by atoms with Crippen LogP contribution in [-0.4, -0.2) is 36.2 Å². The molecular weight excluding hydrogens is 190 g/mol. The first-order chi connectivity index (χ1) is 7.36. The minimum Gasteiger partial charge on any atom is -0.504 e. The molecule has 0 spiro atoms. The minimum absolute atomic E-state index is 0.0962. The van der Waals surface area contributed by atoms with Gasteiger partial charge in [0.1, 0.15) is 6.61 Å². The third-order valence-electron chi connectivity index (χ3n) is 2.66. The molecule has 1 aromatic rings. The predicted molar refractivity (Wildman–Crippen MR) is 58.1 cm³/mol. The summed E-state index contributed by atoms with van der Waals surface area (Å²) in [6.07, 6.45) is 2.59. The highest BCUT2D eigenvalue weighted by molar-refractivity contribution is 5.36. The molecule has 81 valence electrons. The number of benzene rings is 1. The van der Waals surface area contributed by atoms with Crippen molar-refractivity contribution in [3.63, 3.8) is 0 Å². The fraction of sp³-hybridized carbons (Fsp3) is 0.500. The molecule has 0 aromatic heterocycles. The zero-order valence-corrected chi connectivity index (χ0v) is 8.78. The number of para-hydroxylation sites is 1. The van der Waals surface area contributed by atoms with Gasteiger partial charge in [0.05, 0.1) is 0 Å². The molecule has 0 amide bonds. The number of phenols is 1. The van der Waals surface area contributed by atoms with Crippen molar-refractivity contribution in [3.05, 3.63) is 24.3 Å². The van der Waals surface area contributed by atoms with Crippen molar-refractivity contribution in [1.29, 1.82) is 0 Å². The van der Waals surface area contributed by atoms with Gasteiger partial charge in [-0.05, 0) is 32.0 Å². The van der Waals surface area contributed by atoms with Crippen molar-refractivity contribution in [2.24, 2.45) is 0 Å². The Bertz CT molecular complexity index is 308. The van der Waals surface area contributed by atoms with Gasteiger partial charge in [-0.3, -0.25) is 4.90 Å². The van der Waals surface area contributed by atoms with E-state index in [1.54, 1.807) is 12.1 Å². The summed E-state index contributed by atoms with van der Waals surface area (Å²) in [6.45, 7) is 3.92. The Hall–Kier alpha value is -1.22. The van der Waals surface area contributed by atoms with Gasteiger partial charge in [-0.1, -0.05) is 12.1 Å². The number of ether oxygens (including phenoxy) is 1. The maximum absolute atomic E-state index is 9.41. The monoisotopic (exact) mass is 206 g/mol. The van der Waals surface area contributed by atoms with Crippen LogP contribution in [0.1, 0.15) is 12.8 Å². The maximum Gasteiger partial charge on any atom is 0.165 e. The van der Waals surface area contributed by atoms with Crippen molar-refractivity contribution in [2.45, 2.75) is 12.8 Å². The molecule has 1 saturated heterocycles. The van der Waals surface area contributed by atoms with Crippen LogP contribution in [0.25, 0.3) is 0 Å². The molecule has 0 bridgehead atoms. The van der Waals surface area contributed by atoms with Gasteiger partial charge in [-0.25, -0.2) is 0 Å². The van der Waals surface area contributed by atoms with E-state index in [2.05, 4.69) is 11.0 Å². The molecule has 1 heterocycles. The summed E-state index contributed by atoms with van der Waals surface area (Å²) in [4.78, 5) is 2.38. The Morgan fingerprint density at radius 2 is 2.20 bits per heavy atom. The van der Waals surface area contributed by atoms with E-state index in [4.69, 9.17) is 4.74 Å². The van der Waals surface area contributed by atoms with Crippen LogP contribution < -0.4 is 4.74 Å². The first-order valence-corrected chi connectivity index (χ1v) is 5.41. The molecule has 15 heavy (non-hydrogen) atoms. The second kappa shape index (κ2) is 5.03. The summed E-state index contributed by atoms with van der Waals surface area (Å²) in [5.41, 5.74) is 0. The highest BCUT2D eigenvalue weighted by Gasteiger charge is 2.11. The number of hydrogen-bond donors (Lipinski definition) is 1. The van der Waals surface area contributed by atoms with Gasteiger partial charge in [-0.15, -0.1) is 0 Å². The van der Waals surface area contributed by atoms with Gasteiger partial charge < -0.3 is 9.84 Å². The number of likely N-dealkylation sites (tertiary alicyclic amines) is 1. The van der Waals surface area contributed by atoms with Crippen LogP contribution in [-0.2, 0) is 0 Å². The van der Waals surface area contributed by atoms with Gasteiger partial charge >= 0.3 is 0 Å². The quantitative estimate of drug-likeness (QED) is 0.813. The van der Waals surface area contributed by atoms with Gasteiger partial charge in [0.15, 0.2) is 11.5 Å². The molecule has 1 fully saturated rings. The largest absolute Gasteiger partial charge is 0.504 e. The lowest BCUT2D eigenvalue weighted by atomic mass is 10.3. The van der Waals surface area contributed by atoms with Crippen LogP contribution in [0.2, 0.25) is 0 Å². The zero-order valence-electron chi connectivity index (χ0n) is 8.78. The number of nitrogens with zero attached hydrogens (tertiary/aromatic N) is 1. The molecular formula is C12H16NO2. The highest BCUT2D eigenvalue weighted by Crippen LogP contribution is 2.23. The molecule has 1 aromatic carbocycles. The second-order valence-electron chi connectivity index (χ2n) is 3.78. The van der Waals surface area contributed by atoms with E-state index in [0.29, 0.717) is 12.4 Å². The van der Waals surface area contributed by atoms with Crippen molar-refractivity contribution in [2.75, 3.05) is 26.2 Å². The SMILES string of the molecule is Oc1[c]cccc1OCCN1CCCC1. The molecule has 1 aliphatic rings. The lowest BCUT2D eigenvalue weighted by Crippen LogP contribution is -2.25. The van der Waals surface area contributed by atoms with Crippen LogP contribution in [0.4, 0.5) is 0 Å². The fourth-order valence-corrected chi connectivity index (χ4v) is 1.82. The predicted octanol–water partition coefficient (Wildman–Crippen LogP) is 1.67. The molecule has 0 saturated carbocycles. The maximum atomic E-state index is 9.41. The van der Waals surface area contributed by atoms with E-state index in [-0.39, 0.29) is 5.75 Å². The van der Waals surface area contributed by atoms with Gasteiger partial charge in [0, 0.05) is 12.6 Å². The number of aromatic hydroxyl groups is 1. The Kier molecular flexibility index (Phi) is 3.45. The van der Waals surface area contributed by atoms with E-state index < -0.39 is 0 Å². The summed E-state index contributed by atoms with van der Waals surface area (Å²) in [5.74, 6) is 0.621. The van der Waals surface area contributed by atoms with E-state index in [1.807, 2.05) is 6.07 Å². The topological polar surface area (TPSA) is 32.7 Å². The van der Waals surface area contributed by atoms with E-state index >= 15 is 0 Å². The van der Waals surface area contributed by atoms with Crippen molar-refractivity contribution < 1.29 is 9.84 Å². The number of phenolic OH excluding ortho intramolecular Hbond substituents is 1. The van der Waals surface area contributed by atoms with E-state index in [1.165, 1.54) is 25.9 Å². The van der Waals surface area contributed by atoms with Gasteiger partial charge in [0.2, 0.25) is 0 Å².